The molecule has 1 rings (SSSR count). The van der Waals surface area contributed by atoms with Gasteiger partial charge in [0.15, 0.2) is 0 Å². The van der Waals surface area contributed by atoms with Crippen molar-refractivity contribution in [1.29, 1.82) is 0 Å². The van der Waals surface area contributed by atoms with Gasteiger partial charge in [-0.1, -0.05) is 6.07 Å². The summed E-state index contributed by atoms with van der Waals surface area (Å²) in [5.74, 6) is -0.967. The second kappa shape index (κ2) is 4.73. The van der Waals surface area contributed by atoms with Gasteiger partial charge in [-0.15, -0.1) is 11.3 Å². The molecule has 14 heavy (non-hydrogen) atoms. The van der Waals surface area contributed by atoms with E-state index in [0.717, 1.165) is 0 Å². The molecule has 6 heteroatoms. The van der Waals surface area contributed by atoms with Crippen LogP contribution in [-0.2, 0) is 4.79 Å². The topological polar surface area (TPSA) is 78.4 Å². The molecular weight excluding hydrogens is 204 g/mol. The van der Waals surface area contributed by atoms with E-state index in [0.29, 0.717) is 4.88 Å². The molecule has 1 unspecified atom stereocenters. The lowest BCUT2D eigenvalue weighted by molar-refractivity contribution is -0.130. The summed E-state index contributed by atoms with van der Waals surface area (Å²) in [6.07, 6.45) is 0. The predicted octanol–water partition coefficient (Wildman–Crippen LogP) is 0.372. The fourth-order valence-electron chi connectivity index (χ4n) is 0.838. The van der Waals surface area contributed by atoms with Gasteiger partial charge in [0.2, 0.25) is 0 Å². The van der Waals surface area contributed by atoms with Crippen LogP contribution in [0.25, 0.3) is 0 Å². The highest BCUT2D eigenvalue weighted by molar-refractivity contribution is 7.12. The van der Waals surface area contributed by atoms with Crippen molar-refractivity contribution in [1.82, 2.24) is 10.8 Å². The van der Waals surface area contributed by atoms with E-state index in [1.54, 1.807) is 17.5 Å². The monoisotopic (exact) mass is 214 g/mol. The van der Waals surface area contributed by atoms with Gasteiger partial charge in [-0.05, 0) is 18.4 Å². The predicted molar refractivity (Wildman–Crippen MR) is 51.2 cm³/mol. The van der Waals surface area contributed by atoms with Gasteiger partial charge < -0.3 is 5.32 Å². The summed E-state index contributed by atoms with van der Waals surface area (Å²) >= 11 is 1.29. The highest BCUT2D eigenvalue weighted by Crippen LogP contribution is 2.07. The quantitative estimate of drug-likeness (QED) is 0.502. The van der Waals surface area contributed by atoms with Crippen LogP contribution in [0.4, 0.5) is 0 Å². The van der Waals surface area contributed by atoms with E-state index in [1.165, 1.54) is 23.7 Å². The Kier molecular flexibility index (Phi) is 3.61. The normalized spacial score (nSPS) is 11.9. The minimum atomic E-state index is -0.755. The van der Waals surface area contributed by atoms with Gasteiger partial charge in [-0.25, -0.2) is 5.48 Å². The van der Waals surface area contributed by atoms with Crippen LogP contribution < -0.4 is 10.8 Å². The van der Waals surface area contributed by atoms with E-state index in [4.69, 9.17) is 5.21 Å². The smallest absolute Gasteiger partial charge is 0.265 e. The maximum atomic E-state index is 11.4. The van der Waals surface area contributed by atoms with Crippen LogP contribution in [-0.4, -0.2) is 23.1 Å². The number of hydroxylamine groups is 1. The van der Waals surface area contributed by atoms with E-state index in [-0.39, 0.29) is 5.91 Å². The number of rotatable bonds is 3. The second-order valence-electron chi connectivity index (χ2n) is 2.65. The Labute approximate surface area is 84.7 Å². The van der Waals surface area contributed by atoms with Crippen molar-refractivity contribution in [3.63, 3.8) is 0 Å². The molecule has 1 aromatic rings. The molecule has 1 aromatic heterocycles. The van der Waals surface area contributed by atoms with E-state index in [2.05, 4.69) is 5.32 Å². The third-order valence-corrected chi connectivity index (χ3v) is 2.46. The maximum Gasteiger partial charge on any atom is 0.265 e. The summed E-state index contributed by atoms with van der Waals surface area (Å²) in [6, 6.07) is 2.65. The van der Waals surface area contributed by atoms with Crippen molar-refractivity contribution in [2.45, 2.75) is 13.0 Å². The van der Waals surface area contributed by atoms with Crippen molar-refractivity contribution < 1.29 is 14.8 Å². The number of hydrogen-bond acceptors (Lipinski definition) is 4. The van der Waals surface area contributed by atoms with Crippen molar-refractivity contribution >= 4 is 23.2 Å². The first kappa shape index (κ1) is 10.7. The number of nitrogens with one attached hydrogen (secondary N) is 2. The van der Waals surface area contributed by atoms with Gasteiger partial charge in [0.25, 0.3) is 11.8 Å². The molecule has 0 saturated heterocycles. The average molecular weight is 214 g/mol. The maximum absolute atomic E-state index is 11.4. The fraction of sp³-hybridized carbons (Fsp3) is 0.250. The highest BCUT2D eigenvalue weighted by Gasteiger charge is 2.15. The molecule has 5 nitrogen and oxygen atoms in total. The summed E-state index contributed by atoms with van der Waals surface area (Å²) in [4.78, 5) is 22.7. The Hall–Kier alpha value is -1.40. The first-order valence-corrected chi connectivity index (χ1v) is 4.81. The first-order valence-electron chi connectivity index (χ1n) is 3.93. The van der Waals surface area contributed by atoms with Crippen molar-refractivity contribution in [2.24, 2.45) is 0 Å². The van der Waals surface area contributed by atoms with E-state index in [1.807, 2.05) is 0 Å². The van der Waals surface area contributed by atoms with Crippen LogP contribution in [0.1, 0.15) is 16.6 Å². The SMILES string of the molecule is CC(NC(=O)c1cccs1)C(=O)NO. The molecule has 0 aliphatic heterocycles. The summed E-state index contributed by atoms with van der Waals surface area (Å²) in [6.45, 7) is 1.48. The molecule has 0 spiro atoms. The van der Waals surface area contributed by atoms with Gasteiger partial charge >= 0.3 is 0 Å². The van der Waals surface area contributed by atoms with Gasteiger partial charge in [-0.3, -0.25) is 14.8 Å². The van der Waals surface area contributed by atoms with Crippen LogP contribution >= 0.6 is 11.3 Å². The Bertz CT molecular complexity index is 323. The lowest BCUT2D eigenvalue weighted by atomic mass is 10.3. The number of amides is 2. The van der Waals surface area contributed by atoms with Crippen molar-refractivity contribution in [2.75, 3.05) is 0 Å². The molecular formula is C8H10N2O3S. The van der Waals surface area contributed by atoms with Crippen molar-refractivity contribution in [3.8, 4) is 0 Å². The largest absolute Gasteiger partial charge is 0.340 e. The van der Waals surface area contributed by atoms with Crippen molar-refractivity contribution in [3.05, 3.63) is 22.4 Å². The van der Waals surface area contributed by atoms with Gasteiger partial charge in [0.1, 0.15) is 6.04 Å². The molecule has 0 radical (unpaired) electrons. The molecule has 0 aromatic carbocycles. The first-order chi connectivity index (χ1) is 6.65. The third-order valence-electron chi connectivity index (χ3n) is 1.60. The second-order valence-corrected chi connectivity index (χ2v) is 3.60. The Balaban J connectivity index is 2.53. The number of hydrogen-bond donors (Lipinski definition) is 3. The number of thiophene rings is 1. The molecule has 1 heterocycles. The van der Waals surface area contributed by atoms with Gasteiger partial charge in [0.05, 0.1) is 4.88 Å². The molecule has 1 atom stereocenters. The summed E-state index contributed by atoms with van der Waals surface area (Å²) in [5.41, 5.74) is 1.47. The highest BCUT2D eigenvalue weighted by atomic mass is 32.1. The van der Waals surface area contributed by atoms with Crippen LogP contribution in [0.2, 0.25) is 0 Å². The Morgan fingerprint density at radius 2 is 2.29 bits per heavy atom. The molecule has 0 fully saturated rings. The number of carbonyl (C=O) groups excluding carboxylic acids is 2. The number of carbonyl (C=O) groups is 2. The minimum absolute atomic E-state index is 0.323. The van der Waals surface area contributed by atoms with E-state index >= 15 is 0 Å². The van der Waals surface area contributed by atoms with E-state index in [9.17, 15) is 9.59 Å². The summed E-state index contributed by atoms with van der Waals surface area (Å²) in [5, 5.41) is 12.5. The van der Waals surface area contributed by atoms with Crippen LogP contribution in [0.3, 0.4) is 0 Å². The Morgan fingerprint density at radius 1 is 1.57 bits per heavy atom. The molecule has 0 saturated carbocycles. The molecule has 0 aliphatic carbocycles. The third kappa shape index (κ3) is 2.54. The zero-order valence-corrected chi connectivity index (χ0v) is 8.30. The zero-order valence-electron chi connectivity index (χ0n) is 7.48. The Morgan fingerprint density at radius 3 is 2.79 bits per heavy atom. The summed E-state index contributed by atoms with van der Waals surface area (Å²) < 4.78 is 0. The van der Waals surface area contributed by atoms with Gasteiger partial charge in [0, 0.05) is 0 Å². The summed E-state index contributed by atoms with van der Waals surface area (Å²) in [7, 11) is 0. The van der Waals surface area contributed by atoms with E-state index < -0.39 is 11.9 Å². The molecule has 0 bridgehead atoms. The van der Waals surface area contributed by atoms with Crippen LogP contribution in [0, 0.1) is 0 Å². The molecule has 2 amide bonds. The van der Waals surface area contributed by atoms with Crippen LogP contribution in [0.15, 0.2) is 17.5 Å². The average Bonchev–Trinajstić information content (AvgIpc) is 2.69. The molecule has 76 valence electrons. The minimum Gasteiger partial charge on any atom is -0.340 e. The molecule has 3 N–H and O–H groups in total. The molecule has 0 aliphatic rings. The standard InChI is InChI=1S/C8H10N2O3S/c1-5(7(11)10-13)9-8(12)6-3-2-4-14-6/h2-5,13H,1H3,(H,9,12)(H,10,11). The fourth-order valence-corrected chi connectivity index (χ4v) is 1.46. The lowest BCUT2D eigenvalue weighted by Gasteiger charge is -2.10. The van der Waals surface area contributed by atoms with Gasteiger partial charge in [-0.2, -0.15) is 0 Å². The lowest BCUT2D eigenvalue weighted by Crippen LogP contribution is -2.43. The van der Waals surface area contributed by atoms with Crippen LogP contribution in [0.5, 0.6) is 0 Å². The zero-order chi connectivity index (χ0) is 10.6.